The minimum absolute atomic E-state index is 0.164. The fourth-order valence-electron chi connectivity index (χ4n) is 1.44. The van der Waals surface area contributed by atoms with Crippen LogP contribution in [-0.4, -0.2) is 17.6 Å². The van der Waals surface area contributed by atoms with Gasteiger partial charge in [-0.1, -0.05) is 15.9 Å². The normalized spacial score (nSPS) is 10.2. The smallest absolute Gasteiger partial charge is 0.251 e. The van der Waals surface area contributed by atoms with Crippen LogP contribution < -0.4 is 11.1 Å². The Kier molecular flexibility index (Phi) is 5.22. The fraction of sp³-hybridized carbons (Fsp3) is 0.0769. The molecule has 1 aromatic heterocycles. The van der Waals surface area contributed by atoms with Gasteiger partial charge in [-0.25, -0.2) is 0 Å². The molecule has 1 heterocycles. The second-order valence-corrected chi connectivity index (χ2v) is 6.70. The highest BCUT2D eigenvalue weighted by Gasteiger charge is 2.12. The Morgan fingerprint density at radius 1 is 1.25 bits per heavy atom. The van der Waals surface area contributed by atoms with Crippen LogP contribution in [0.2, 0.25) is 0 Å². The summed E-state index contributed by atoms with van der Waals surface area (Å²) < 4.78 is 0.996. The molecule has 0 radical (unpaired) electrons. The molecule has 0 atom stereocenters. The molecule has 0 saturated heterocycles. The summed E-state index contributed by atoms with van der Waals surface area (Å²) >= 11 is 6.07. The van der Waals surface area contributed by atoms with Crippen molar-refractivity contribution < 1.29 is 9.59 Å². The number of nitrogens with one attached hydrogen (secondary N) is 1. The first-order valence-electron chi connectivity index (χ1n) is 5.62. The maximum atomic E-state index is 11.8. The third-order valence-electron chi connectivity index (χ3n) is 2.37. The van der Waals surface area contributed by atoms with E-state index in [2.05, 4.69) is 21.2 Å². The third kappa shape index (κ3) is 4.09. The van der Waals surface area contributed by atoms with Crippen LogP contribution in [0.3, 0.4) is 0 Å². The third-order valence-corrected chi connectivity index (χ3v) is 4.74. The second kappa shape index (κ2) is 6.92. The first-order chi connectivity index (χ1) is 9.56. The average Bonchev–Trinajstić information content (AvgIpc) is 2.86. The van der Waals surface area contributed by atoms with Gasteiger partial charge < -0.3 is 11.1 Å². The van der Waals surface area contributed by atoms with Crippen molar-refractivity contribution in [3.05, 3.63) is 45.7 Å². The van der Waals surface area contributed by atoms with E-state index in [0.29, 0.717) is 10.6 Å². The molecule has 1 aromatic carbocycles. The molecule has 0 spiro atoms. The Labute approximate surface area is 132 Å². The Balaban J connectivity index is 1.91. The molecule has 2 aromatic rings. The van der Waals surface area contributed by atoms with E-state index in [1.165, 1.54) is 23.1 Å². The molecule has 0 unspecified atom stereocenters. The molecular formula is C13H11BrN2O2S2. The Hall–Kier alpha value is -1.31. The van der Waals surface area contributed by atoms with Gasteiger partial charge in [0.1, 0.15) is 5.00 Å². The summed E-state index contributed by atoms with van der Waals surface area (Å²) in [6, 6.07) is 9.31. The number of anilines is 1. The summed E-state index contributed by atoms with van der Waals surface area (Å²) in [5, 5.41) is 4.92. The number of thioether (sulfide) groups is 1. The van der Waals surface area contributed by atoms with Crippen molar-refractivity contribution in [3.8, 4) is 0 Å². The van der Waals surface area contributed by atoms with Crippen molar-refractivity contribution in [1.29, 1.82) is 0 Å². The van der Waals surface area contributed by atoms with Gasteiger partial charge in [0, 0.05) is 9.37 Å². The number of primary amides is 1. The second-order valence-electron chi connectivity index (χ2n) is 3.82. The summed E-state index contributed by atoms with van der Waals surface area (Å²) in [5.74, 6) is -0.428. The van der Waals surface area contributed by atoms with E-state index in [1.54, 1.807) is 11.4 Å². The van der Waals surface area contributed by atoms with Crippen molar-refractivity contribution in [3.63, 3.8) is 0 Å². The fourth-order valence-corrected chi connectivity index (χ4v) is 3.21. The van der Waals surface area contributed by atoms with Crippen LogP contribution in [-0.2, 0) is 4.79 Å². The topological polar surface area (TPSA) is 72.2 Å². The first kappa shape index (κ1) is 15.1. The Morgan fingerprint density at radius 3 is 2.60 bits per heavy atom. The number of nitrogens with two attached hydrogens (primary N) is 1. The van der Waals surface area contributed by atoms with Gasteiger partial charge in [-0.3, -0.25) is 9.59 Å². The molecule has 3 N–H and O–H groups in total. The molecule has 4 nitrogen and oxygen atoms in total. The maximum Gasteiger partial charge on any atom is 0.251 e. The predicted molar refractivity (Wildman–Crippen MR) is 86.3 cm³/mol. The van der Waals surface area contributed by atoms with Crippen molar-refractivity contribution in [1.82, 2.24) is 0 Å². The largest absolute Gasteiger partial charge is 0.366 e. The molecule has 7 heteroatoms. The van der Waals surface area contributed by atoms with Crippen LogP contribution in [0.1, 0.15) is 10.4 Å². The number of amides is 2. The molecule has 2 amide bonds. The molecule has 0 aliphatic carbocycles. The number of hydrogen-bond donors (Lipinski definition) is 2. The molecule has 2 rings (SSSR count). The van der Waals surface area contributed by atoms with Crippen molar-refractivity contribution >= 4 is 55.8 Å². The molecule has 0 aliphatic heterocycles. The van der Waals surface area contributed by atoms with Crippen LogP contribution in [0.15, 0.2) is 45.1 Å². The lowest BCUT2D eigenvalue weighted by molar-refractivity contribution is -0.113. The van der Waals surface area contributed by atoms with E-state index in [-0.39, 0.29) is 11.7 Å². The average molecular weight is 371 g/mol. The lowest BCUT2D eigenvalue weighted by atomic mass is 10.3. The molecule has 20 heavy (non-hydrogen) atoms. The number of carbonyl (C=O) groups is 2. The zero-order valence-corrected chi connectivity index (χ0v) is 13.5. The van der Waals surface area contributed by atoms with Gasteiger partial charge in [0.25, 0.3) is 5.91 Å². The first-order valence-corrected chi connectivity index (χ1v) is 8.27. The highest BCUT2D eigenvalue weighted by atomic mass is 79.9. The van der Waals surface area contributed by atoms with E-state index in [4.69, 9.17) is 5.73 Å². The number of rotatable bonds is 5. The molecule has 0 saturated carbocycles. The zero-order chi connectivity index (χ0) is 14.5. The standard InChI is InChI=1S/C13H11BrN2O2S2/c14-8-1-3-9(4-2-8)20-7-11(17)16-13-10(12(15)18)5-6-19-13/h1-6H,7H2,(H2,15,18)(H,16,17). The quantitative estimate of drug-likeness (QED) is 0.792. The minimum Gasteiger partial charge on any atom is -0.366 e. The molecule has 0 aliphatic rings. The summed E-state index contributed by atoms with van der Waals surface area (Å²) in [4.78, 5) is 24.0. The van der Waals surface area contributed by atoms with Gasteiger partial charge in [0.05, 0.1) is 11.3 Å². The number of thiophene rings is 1. The molecular weight excluding hydrogens is 360 g/mol. The van der Waals surface area contributed by atoms with Crippen LogP contribution in [0, 0.1) is 0 Å². The van der Waals surface area contributed by atoms with Gasteiger partial charge in [-0.2, -0.15) is 0 Å². The van der Waals surface area contributed by atoms with E-state index >= 15 is 0 Å². The number of hydrogen-bond acceptors (Lipinski definition) is 4. The molecule has 104 valence electrons. The van der Waals surface area contributed by atoms with Gasteiger partial charge in [0.2, 0.25) is 5.91 Å². The predicted octanol–water partition coefficient (Wildman–Crippen LogP) is 3.34. The number of halogens is 1. The molecule has 0 fully saturated rings. The van der Waals surface area contributed by atoms with Crippen LogP contribution in [0.25, 0.3) is 0 Å². The number of benzene rings is 1. The van der Waals surface area contributed by atoms with Crippen molar-refractivity contribution in [2.75, 3.05) is 11.1 Å². The zero-order valence-electron chi connectivity index (χ0n) is 10.3. The van der Waals surface area contributed by atoms with Crippen LogP contribution in [0.4, 0.5) is 5.00 Å². The summed E-state index contributed by atoms with van der Waals surface area (Å²) in [5.41, 5.74) is 5.57. The maximum absolute atomic E-state index is 11.8. The minimum atomic E-state index is -0.540. The highest BCUT2D eigenvalue weighted by molar-refractivity contribution is 9.10. The van der Waals surface area contributed by atoms with Gasteiger partial charge in [0.15, 0.2) is 0 Å². The van der Waals surface area contributed by atoms with Crippen molar-refractivity contribution in [2.45, 2.75) is 4.90 Å². The number of carbonyl (C=O) groups excluding carboxylic acids is 2. The van der Waals surface area contributed by atoms with Gasteiger partial charge in [-0.15, -0.1) is 23.1 Å². The summed E-state index contributed by atoms with van der Waals surface area (Å²) in [6.45, 7) is 0. The van der Waals surface area contributed by atoms with Crippen molar-refractivity contribution in [2.24, 2.45) is 5.73 Å². The summed E-state index contributed by atoms with van der Waals surface area (Å²) in [6.07, 6.45) is 0. The lowest BCUT2D eigenvalue weighted by Gasteiger charge is -2.04. The van der Waals surface area contributed by atoms with Crippen LogP contribution >= 0.6 is 39.0 Å². The van der Waals surface area contributed by atoms with Gasteiger partial charge in [-0.05, 0) is 35.7 Å². The SMILES string of the molecule is NC(=O)c1ccsc1NC(=O)CSc1ccc(Br)cc1. The van der Waals surface area contributed by atoms with Crippen LogP contribution in [0.5, 0.6) is 0 Å². The molecule has 0 bridgehead atoms. The van der Waals surface area contributed by atoms with E-state index < -0.39 is 5.91 Å². The lowest BCUT2D eigenvalue weighted by Crippen LogP contribution is -2.17. The van der Waals surface area contributed by atoms with Gasteiger partial charge >= 0.3 is 0 Å². The van der Waals surface area contributed by atoms with E-state index in [9.17, 15) is 9.59 Å². The van der Waals surface area contributed by atoms with E-state index in [0.717, 1.165) is 9.37 Å². The summed E-state index contributed by atoms with van der Waals surface area (Å²) in [7, 11) is 0. The Bertz CT molecular complexity index is 626. The Morgan fingerprint density at radius 2 is 1.95 bits per heavy atom. The van der Waals surface area contributed by atoms with E-state index in [1.807, 2.05) is 24.3 Å². The highest BCUT2D eigenvalue weighted by Crippen LogP contribution is 2.24. The monoisotopic (exact) mass is 370 g/mol.